The molecule has 1 atom stereocenters. The summed E-state index contributed by atoms with van der Waals surface area (Å²) in [6.45, 7) is 7.41. The third kappa shape index (κ3) is 8.69. The molecule has 0 aromatic heterocycles. The van der Waals surface area contributed by atoms with Crippen LogP contribution in [0.1, 0.15) is 31.0 Å². The van der Waals surface area contributed by atoms with Gasteiger partial charge in [0, 0.05) is 26.7 Å². The highest BCUT2D eigenvalue weighted by Crippen LogP contribution is 2.19. The van der Waals surface area contributed by atoms with Crippen molar-refractivity contribution < 1.29 is 8.42 Å². The first-order chi connectivity index (χ1) is 15.0. The summed E-state index contributed by atoms with van der Waals surface area (Å²) in [6, 6.07) is 20.1. The summed E-state index contributed by atoms with van der Waals surface area (Å²) in [5, 5.41) is 6.45. The second-order valence-corrected chi connectivity index (χ2v) is 9.08. The number of nitrogens with zero attached hydrogens (tertiary/aromatic N) is 2. The molecule has 0 aliphatic heterocycles. The molecule has 0 radical (unpaired) electrons. The summed E-state index contributed by atoms with van der Waals surface area (Å²) in [4.78, 5) is 6.62. The minimum Gasteiger partial charge on any atom is -0.355 e. The van der Waals surface area contributed by atoms with Crippen LogP contribution in [0.4, 0.5) is 0 Å². The summed E-state index contributed by atoms with van der Waals surface area (Å²) in [6.07, 6.45) is 0. The molecule has 0 bridgehead atoms. The fourth-order valence-corrected chi connectivity index (χ4v) is 4.28. The van der Waals surface area contributed by atoms with Crippen molar-refractivity contribution in [3.05, 3.63) is 71.8 Å². The van der Waals surface area contributed by atoms with E-state index >= 15 is 0 Å². The van der Waals surface area contributed by atoms with Crippen LogP contribution in [0, 0.1) is 0 Å². The SMILES string of the molecule is CCN(CC)C(CNC(=NC)NCCS(=O)(=O)NCc1ccccc1)c1ccccc1. The van der Waals surface area contributed by atoms with E-state index in [1.807, 2.05) is 48.5 Å². The van der Waals surface area contributed by atoms with Crippen LogP contribution in [0.25, 0.3) is 0 Å². The van der Waals surface area contributed by atoms with Gasteiger partial charge in [0.05, 0.1) is 11.8 Å². The number of hydrogen-bond donors (Lipinski definition) is 3. The zero-order chi connectivity index (χ0) is 22.5. The topological polar surface area (TPSA) is 85.8 Å². The highest BCUT2D eigenvalue weighted by Gasteiger charge is 2.18. The molecule has 2 rings (SSSR count). The first-order valence-electron chi connectivity index (χ1n) is 10.7. The van der Waals surface area contributed by atoms with Gasteiger partial charge in [0.25, 0.3) is 0 Å². The Bertz CT molecular complexity index is 885. The zero-order valence-electron chi connectivity index (χ0n) is 18.7. The van der Waals surface area contributed by atoms with Crippen molar-refractivity contribution in [1.29, 1.82) is 0 Å². The molecular formula is C23H35N5O2S. The van der Waals surface area contributed by atoms with E-state index in [1.54, 1.807) is 7.05 Å². The summed E-state index contributed by atoms with van der Waals surface area (Å²) in [5.41, 5.74) is 2.17. The molecule has 7 nitrogen and oxygen atoms in total. The van der Waals surface area contributed by atoms with Gasteiger partial charge in [0.1, 0.15) is 0 Å². The maximum atomic E-state index is 12.3. The number of rotatable bonds is 12. The van der Waals surface area contributed by atoms with E-state index in [4.69, 9.17) is 0 Å². The molecule has 0 aliphatic carbocycles. The van der Waals surface area contributed by atoms with Gasteiger partial charge in [-0.25, -0.2) is 13.1 Å². The average molecular weight is 446 g/mol. The smallest absolute Gasteiger partial charge is 0.213 e. The Labute approximate surface area is 187 Å². The highest BCUT2D eigenvalue weighted by atomic mass is 32.2. The highest BCUT2D eigenvalue weighted by molar-refractivity contribution is 7.89. The second kappa shape index (κ2) is 13.1. The number of benzene rings is 2. The van der Waals surface area contributed by atoms with Crippen molar-refractivity contribution in [2.45, 2.75) is 26.4 Å². The standard InChI is InChI=1S/C23H35N5O2S/c1-4-28(5-2)22(21-14-10-7-11-15-21)19-26-23(24-3)25-16-17-31(29,30)27-18-20-12-8-6-9-13-20/h6-15,22,27H,4-5,16-19H2,1-3H3,(H2,24,25,26). The number of guanidine groups is 1. The van der Waals surface area contributed by atoms with E-state index in [0.29, 0.717) is 19.0 Å². The van der Waals surface area contributed by atoms with Crippen molar-refractivity contribution >= 4 is 16.0 Å². The van der Waals surface area contributed by atoms with Crippen LogP contribution in [-0.2, 0) is 16.6 Å². The first-order valence-corrected chi connectivity index (χ1v) is 12.4. The summed E-state index contributed by atoms with van der Waals surface area (Å²) in [7, 11) is -1.70. The molecule has 170 valence electrons. The minimum atomic E-state index is -3.38. The maximum absolute atomic E-state index is 12.3. The van der Waals surface area contributed by atoms with E-state index in [1.165, 1.54) is 5.56 Å². The molecule has 0 spiro atoms. The van der Waals surface area contributed by atoms with E-state index < -0.39 is 10.0 Å². The number of hydrogen-bond acceptors (Lipinski definition) is 4. The van der Waals surface area contributed by atoms with Crippen LogP contribution in [0.2, 0.25) is 0 Å². The number of nitrogens with one attached hydrogen (secondary N) is 3. The zero-order valence-corrected chi connectivity index (χ0v) is 19.5. The lowest BCUT2D eigenvalue weighted by Gasteiger charge is -2.30. The van der Waals surface area contributed by atoms with E-state index in [-0.39, 0.29) is 18.3 Å². The van der Waals surface area contributed by atoms with E-state index in [9.17, 15) is 8.42 Å². The van der Waals surface area contributed by atoms with Crippen LogP contribution in [0.3, 0.4) is 0 Å². The van der Waals surface area contributed by atoms with Crippen molar-refractivity contribution in [2.24, 2.45) is 4.99 Å². The van der Waals surface area contributed by atoms with Gasteiger partial charge in [0.15, 0.2) is 5.96 Å². The molecule has 0 saturated heterocycles. The fraction of sp³-hybridized carbons (Fsp3) is 0.435. The van der Waals surface area contributed by atoms with Gasteiger partial charge in [-0.1, -0.05) is 74.5 Å². The first kappa shape index (κ1) is 24.8. The average Bonchev–Trinajstić information content (AvgIpc) is 2.80. The van der Waals surface area contributed by atoms with Gasteiger partial charge in [-0.05, 0) is 24.2 Å². The van der Waals surface area contributed by atoms with Gasteiger partial charge >= 0.3 is 0 Å². The molecule has 0 aliphatic rings. The Kier molecular flexibility index (Phi) is 10.5. The lowest BCUT2D eigenvalue weighted by Crippen LogP contribution is -2.44. The predicted molar refractivity (Wildman–Crippen MR) is 129 cm³/mol. The van der Waals surface area contributed by atoms with E-state index in [2.05, 4.69) is 51.2 Å². The molecule has 2 aromatic rings. The van der Waals surface area contributed by atoms with Crippen LogP contribution >= 0.6 is 0 Å². The molecule has 0 fully saturated rings. The van der Waals surface area contributed by atoms with Crippen molar-refractivity contribution in [2.75, 3.05) is 39.0 Å². The maximum Gasteiger partial charge on any atom is 0.213 e. The van der Waals surface area contributed by atoms with E-state index in [0.717, 1.165) is 18.7 Å². The third-order valence-electron chi connectivity index (χ3n) is 5.13. The Morgan fingerprint density at radius 1 is 0.968 bits per heavy atom. The molecule has 8 heteroatoms. The van der Waals surface area contributed by atoms with Crippen LogP contribution in [0.15, 0.2) is 65.7 Å². The molecular weight excluding hydrogens is 410 g/mol. The van der Waals surface area contributed by atoms with Crippen molar-refractivity contribution in [1.82, 2.24) is 20.3 Å². The predicted octanol–water partition coefficient (Wildman–Crippen LogP) is 2.35. The fourth-order valence-electron chi connectivity index (χ4n) is 3.38. The van der Waals surface area contributed by atoms with Crippen molar-refractivity contribution in [3.8, 4) is 0 Å². The normalized spacial score (nSPS) is 13.2. The Morgan fingerprint density at radius 2 is 1.58 bits per heavy atom. The van der Waals surface area contributed by atoms with Crippen molar-refractivity contribution in [3.63, 3.8) is 0 Å². The van der Waals surface area contributed by atoms with Crippen LogP contribution < -0.4 is 15.4 Å². The van der Waals surface area contributed by atoms with Gasteiger partial charge in [-0.2, -0.15) is 0 Å². The lowest BCUT2D eigenvalue weighted by atomic mass is 10.1. The van der Waals surface area contributed by atoms with Crippen LogP contribution in [-0.4, -0.2) is 58.3 Å². The largest absolute Gasteiger partial charge is 0.355 e. The Hall–Kier alpha value is -2.42. The van der Waals surface area contributed by atoms with Gasteiger partial charge in [0.2, 0.25) is 10.0 Å². The Balaban J connectivity index is 1.85. The minimum absolute atomic E-state index is 0.0291. The van der Waals surface area contributed by atoms with Gasteiger partial charge < -0.3 is 10.6 Å². The quantitative estimate of drug-likeness (QED) is 0.345. The molecule has 0 heterocycles. The second-order valence-electron chi connectivity index (χ2n) is 7.15. The Morgan fingerprint density at radius 3 is 2.16 bits per heavy atom. The third-order valence-corrected chi connectivity index (χ3v) is 6.45. The molecule has 3 N–H and O–H groups in total. The number of sulfonamides is 1. The van der Waals surface area contributed by atoms with Gasteiger partial charge in [-0.3, -0.25) is 9.89 Å². The molecule has 31 heavy (non-hydrogen) atoms. The summed E-state index contributed by atoms with van der Waals surface area (Å²) < 4.78 is 27.2. The molecule has 2 aromatic carbocycles. The molecule has 0 saturated carbocycles. The number of likely N-dealkylation sites (N-methyl/N-ethyl adjacent to an activating group) is 1. The monoisotopic (exact) mass is 445 g/mol. The summed E-state index contributed by atoms with van der Waals surface area (Å²) in [5.74, 6) is 0.560. The number of aliphatic imine (C=N–C) groups is 1. The molecule has 1 unspecified atom stereocenters. The lowest BCUT2D eigenvalue weighted by molar-refractivity contribution is 0.219. The molecule has 0 amide bonds. The van der Waals surface area contributed by atoms with Crippen LogP contribution in [0.5, 0.6) is 0 Å². The van der Waals surface area contributed by atoms with Gasteiger partial charge in [-0.15, -0.1) is 0 Å². The summed E-state index contributed by atoms with van der Waals surface area (Å²) >= 11 is 0.